The molecule has 18 heavy (non-hydrogen) atoms. The fourth-order valence-corrected chi connectivity index (χ4v) is 2.87. The van der Waals surface area contributed by atoms with E-state index in [0.717, 1.165) is 5.56 Å². The lowest BCUT2D eigenvalue weighted by Gasteiger charge is -2.21. The maximum absolute atomic E-state index is 11.8. The van der Waals surface area contributed by atoms with Gasteiger partial charge in [0.05, 0.1) is 10.6 Å². The summed E-state index contributed by atoms with van der Waals surface area (Å²) in [5, 5.41) is 0. The molecule has 0 aromatic heterocycles. The third kappa shape index (κ3) is 3.31. The van der Waals surface area contributed by atoms with Crippen molar-refractivity contribution in [1.82, 2.24) is 0 Å². The largest absolute Gasteiger partial charge is 0.330 e. The van der Waals surface area contributed by atoms with Crippen LogP contribution in [0.15, 0.2) is 29.2 Å². The molecule has 4 N–H and O–H groups in total. The Hall–Kier alpha value is -0.910. The second-order valence-corrected chi connectivity index (χ2v) is 6.77. The molecular weight excluding hydrogens is 248 g/mol. The molecule has 1 aromatic rings. The smallest absolute Gasteiger partial charge is 0.178 e. The molecule has 1 atom stereocenters. The molecular formula is C13H22N2O2S. The van der Waals surface area contributed by atoms with Crippen LogP contribution in [0.25, 0.3) is 0 Å². The second kappa shape index (κ2) is 6.31. The van der Waals surface area contributed by atoms with Crippen molar-refractivity contribution < 1.29 is 8.42 Å². The topological polar surface area (TPSA) is 86.2 Å². The van der Waals surface area contributed by atoms with Crippen molar-refractivity contribution in [1.29, 1.82) is 0 Å². The second-order valence-electron chi connectivity index (χ2n) is 4.50. The molecule has 0 aliphatic heterocycles. The van der Waals surface area contributed by atoms with Gasteiger partial charge in [0.15, 0.2) is 9.84 Å². The van der Waals surface area contributed by atoms with Crippen LogP contribution < -0.4 is 11.5 Å². The average molecular weight is 270 g/mol. The van der Waals surface area contributed by atoms with Gasteiger partial charge in [0, 0.05) is 0 Å². The van der Waals surface area contributed by atoms with E-state index >= 15 is 0 Å². The van der Waals surface area contributed by atoms with Gasteiger partial charge in [-0.05, 0) is 42.6 Å². The maximum Gasteiger partial charge on any atom is 0.178 e. The molecule has 5 heteroatoms. The normalized spacial score (nSPS) is 13.8. The summed E-state index contributed by atoms with van der Waals surface area (Å²) in [7, 11) is -3.16. The number of benzene rings is 1. The zero-order valence-electron chi connectivity index (χ0n) is 11.0. The van der Waals surface area contributed by atoms with Crippen LogP contribution >= 0.6 is 0 Å². The minimum absolute atomic E-state index is 0.113. The Labute approximate surface area is 109 Å². The first kappa shape index (κ1) is 15.1. The highest BCUT2D eigenvalue weighted by Gasteiger charge is 2.18. The molecule has 1 unspecified atom stereocenters. The molecule has 0 radical (unpaired) electrons. The monoisotopic (exact) mass is 270 g/mol. The van der Waals surface area contributed by atoms with Crippen LogP contribution in [0.2, 0.25) is 0 Å². The highest BCUT2D eigenvalue weighted by Crippen LogP contribution is 2.25. The molecule has 0 amide bonds. The van der Waals surface area contributed by atoms with E-state index in [1.165, 1.54) is 0 Å². The van der Waals surface area contributed by atoms with E-state index in [4.69, 9.17) is 11.5 Å². The minimum atomic E-state index is -3.16. The van der Waals surface area contributed by atoms with Gasteiger partial charge < -0.3 is 11.5 Å². The summed E-state index contributed by atoms with van der Waals surface area (Å²) in [5.74, 6) is 0.443. The van der Waals surface area contributed by atoms with Gasteiger partial charge in [0.2, 0.25) is 0 Å². The molecule has 0 heterocycles. The first-order valence-corrected chi connectivity index (χ1v) is 7.84. The van der Waals surface area contributed by atoms with Crippen LogP contribution in [-0.2, 0) is 9.84 Å². The summed E-state index contributed by atoms with van der Waals surface area (Å²) in [6.07, 6.45) is 0. The molecule has 0 saturated heterocycles. The van der Waals surface area contributed by atoms with E-state index in [9.17, 15) is 8.42 Å². The molecule has 1 aromatic carbocycles. The highest BCUT2D eigenvalue weighted by molar-refractivity contribution is 7.91. The lowest BCUT2D eigenvalue weighted by Crippen LogP contribution is -2.28. The number of hydrogen-bond donors (Lipinski definition) is 2. The van der Waals surface area contributed by atoms with Crippen LogP contribution in [0.5, 0.6) is 0 Å². The van der Waals surface area contributed by atoms with E-state index in [2.05, 4.69) is 0 Å². The Morgan fingerprint density at radius 2 is 1.83 bits per heavy atom. The zero-order valence-corrected chi connectivity index (χ0v) is 11.8. The summed E-state index contributed by atoms with van der Waals surface area (Å²) in [6.45, 7) is 4.68. The quantitative estimate of drug-likeness (QED) is 0.811. The molecule has 0 aliphatic rings. The summed E-state index contributed by atoms with van der Waals surface area (Å²) < 4.78 is 23.7. The van der Waals surface area contributed by atoms with Crippen LogP contribution in [0.3, 0.4) is 0 Å². The van der Waals surface area contributed by atoms with Gasteiger partial charge in [-0.15, -0.1) is 0 Å². The van der Waals surface area contributed by atoms with Crippen molar-refractivity contribution in [2.45, 2.75) is 24.7 Å². The highest BCUT2D eigenvalue weighted by atomic mass is 32.2. The van der Waals surface area contributed by atoms with Crippen LogP contribution in [0.1, 0.15) is 25.3 Å². The van der Waals surface area contributed by atoms with E-state index in [0.29, 0.717) is 18.0 Å². The fourth-order valence-electron chi connectivity index (χ4n) is 1.93. The van der Waals surface area contributed by atoms with Crippen LogP contribution in [0.4, 0.5) is 0 Å². The summed E-state index contributed by atoms with van der Waals surface area (Å²) in [5.41, 5.74) is 12.3. The number of hydrogen-bond acceptors (Lipinski definition) is 4. The Kier molecular flexibility index (Phi) is 5.31. The van der Waals surface area contributed by atoms with Crippen molar-refractivity contribution in [3.8, 4) is 0 Å². The number of rotatable bonds is 6. The van der Waals surface area contributed by atoms with Crippen molar-refractivity contribution in [2.24, 2.45) is 17.4 Å². The van der Waals surface area contributed by atoms with Gasteiger partial charge in [0.25, 0.3) is 0 Å². The molecule has 0 bridgehead atoms. The standard InChI is InChI=1S/C13H22N2O2S/c1-3-18(16,17)13-6-4-5-11(7-13)10(2)12(8-14)9-15/h4-7,10,12H,3,8-9,14-15H2,1-2H3. The molecule has 0 spiro atoms. The van der Waals surface area contributed by atoms with Crippen molar-refractivity contribution >= 4 is 9.84 Å². The number of sulfone groups is 1. The SMILES string of the molecule is CCS(=O)(=O)c1cccc(C(C)C(CN)CN)c1. The lowest BCUT2D eigenvalue weighted by atomic mass is 9.88. The Morgan fingerprint density at radius 1 is 1.22 bits per heavy atom. The minimum Gasteiger partial charge on any atom is -0.330 e. The first-order chi connectivity index (χ1) is 8.46. The lowest BCUT2D eigenvalue weighted by molar-refractivity contribution is 0.466. The van der Waals surface area contributed by atoms with Gasteiger partial charge in [-0.25, -0.2) is 8.42 Å². The van der Waals surface area contributed by atoms with E-state index in [1.807, 2.05) is 13.0 Å². The van der Waals surface area contributed by atoms with E-state index in [-0.39, 0.29) is 17.6 Å². The molecule has 0 aliphatic carbocycles. The third-order valence-electron chi connectivity index (χ3n) is 3.44. The third-order valence-corrected chi connectivity index (χ3v) is 5.17. The first-order valence-electron chi connectivity index (χ1n) is 6.19. The average Bonchev–Trinajstić information content (AvgIpc) is 2.40. The van der Waals surface area contributed by atoms with Gasteiger partial charge in [-0.1, -0.05) is 26.0 Å². The van der Waals surface area contributed by atoms with Crippen LogP contribution in [0, 0.1) is 5.92 Å². The Morgan fingerprint density at radius 3 is 2.33 bits per heavy atom. The predicted molar refractivity (Wildman–Crippen MR) is 74.2 cm³/mol. The number of nitrogens with two attached hydrogens (primary N) is 2. The summed E-state index contributed by atoms with van der Waals surface area (Å²) >= 11 is 0. The van der Waals surface area contributed by atoms with Crippen molar-refractivity contribution in [2.75, 3.05) is 18.8 Å². The summed E-state index contributed by atoms with van der Waals surface area (Å²) in [6, 6.07) is 7.08. The van der Waals surface area contributed by atoms with Gasteiger partial charge >= 0.3 is 0 Å². The van der Waals surface area contributed by atoms with E-state index in [1.54, 1.807) is 25.1 Å². The molecule has 102 valence electrons. The Bertz CT molecular complexity index is 482. The van der Waals surface area contributed by atoms with Gasteiger partial charge in [-0.2, -0.15) is 0 Å². The zero-order chi connectivity index (χ0) is 13.8. The molecule has 1 rings (SSSR count). The van der Waals surface area contributed by atoms with Crippen molar-refractivity contribution in [3.05, 3.63) is 29.8 Å². The van der Waals surface area contributed by atoms with Gasteiger partial charge in [-0.3, -0.25) is 0 Å². The molecule has 0 fully saturated rings. The predicted octanol–water partition coefficient (Wildman–Crippen LogP) is 1.12. The molecule has 4 nitrogen and oxygen atoms in total. The van der Waals surface area contributed by atoms with Crippen LogP contribution in [-0.4, -0.2) is 27.3 Å². The summed E-state index contributed by atoms with van der Waals surface area (Å²) in [4.78, 5) is 0.377. The van der Waals surface area contributed by atoms with Gasteiger partial charge in [0.1, 0.15) is 0 Å². The maximum atomic E-state index is 11.8. The van der Waals surface area contributed by atoms with Crippen molar-refractivity contribution in [3.63, 3.8) is 0 Å². The Balaban J connectivity index is 3.09. The fraction of sp³-hybridized carbons (Fsp3) is 0.538. The van der Waals surface area contributed by atoms with E-state index < -0.39 is 9.84 Å². The molecule has 0 saturated carbocycles.